The monoisotopic (exact) mass is 292 g/mol. The van der Waals surface area contributed by atoms with Gasteiger partial charge in [0.1, 0.15) is 5.60 Å². The maximum atomic E-state index is 11.4. The van der Waals surface area contributed by atoms with Crippen LogP contribution in [0.3, 0.4) is 0 Å². The smallest absolute Gasteiger partial charge is 0.407 e. The second-order valence-corrected chi connectivity index (χ2v) is 5.56. The van der Waals surface area contributed by atoms with Crippen molar-refractivity contribution in [1.82, 2.24) is 25.5 Å². The van der Waals surface area contributed by atoms with E-state index in [0.717, 1.165) is 11.9 Å². The quantitative estimate of drug-likeness (QED) is 0.724. The Morgan fingerprint density at radius 1 is 1.38 bits per heavy atom. The summed E-state index contributed by atoms with van der Waals surface area (Å²) < 4.78 is 5.14. The molecule has 0 bridgehead atoms. The molecular weight excluding hydrogens is 272 g/mol. The van der Waals surface area contributed by atoms with Crippen LogP contribution >= 0.6 is 0 Å². The molecule has 2 aromatic rings. The van der Waals surface area contributed by atoms with Crippen molar-refractivity contribution in [2.75, 3.05) is 18.4 Å². The lowest BCUT2D eigenvalue weighted by molar-refractivity contribution is 0.0528. The number of hydrogen-bond acceptors (Lipinski definition) is 6. The van der Waals surface area contributed by atoms with E-state index in [2.05, 4.69) is 30.8 Å². The van der Waals surface area contributed by atoms with Crippen LogP contribution in [0.5, 0.6) is 0 Å². The van der Waals surface area contributed by atoms with Crippen LogP contribution in [-0.2, 0) is 4.74 Å². The van der Waals surface area contributed by atoms with Crippen LogP contribution < -0.4 is 10.6 Å². The Morgan fingerprint density at radius 3 is 2.90 bits per heavy atom. The van der Waals surface area contributed by atoms with Gasteiger partial charge in [-0.3, -0.25) is 0 Å². The molecule has 0 aliphatic rings. The Balaban J connectivity index is 1.67. The van der Waals surface area contributed by atoms with E-state index < -0.39 is 11.7 Å². The number of anilines is 1. The molecule has 3 N–H and O–H groups in total. The van der Waals surface area contributed by atoms with Crippen molar-refractivity contribution in [3.05, 3.63) is 12.3 Å². The van der Waals surface area contributed by atoms with E-state index in [-0.39, 0.29) is 0 Å². The molecular formula is C13H20N6O2. The Labute approximate surface area is 122 Å². The van der Waals surface area contributed by atoms with Crippen molar-refractivity contribution < 1.29 is 9.53 Å². The van der Waals surface area contributed by atoms with E-state index in [0.29, 0.717) is 24.7 Å². The van der Waals surface area contributed by atoms with Crippen molar-refractivity contribution in [3.63, 3.8) is 0 Å². The minimum absolute atomic E-state index is 0.401. The molecule has 21 heavy (non-hydrogen) atoms. The number of hydrogen-bond donors (Lipinski definition) is 3. The van der Waals surface area contributed by atoms with Crippen molar-refractivity contribution in [1.29, 1.82) is 0 Å². The first-order valence-electron chi connectivity index (χ1n) is 6.82. The van der Waals surface area contributed by atoms with Crippen molar-refractivity contribution in [2.45, 2.75) is 32.8 Å². The summed E-state index contributed by atoms with van der Waals surface area (Å²) >= 11 is 0. The van der Waals surface area contributed by atoms with Crippen LogP contribution in [0, 0.1) is 0 Å². The summed E-state index contributed by atoms with van der Waals surface area (Å²) in [6.07, 6.45) is 1.96. The zero-order valence-corrected chi connectivity index (χ0v) is 12.4. The SMILES string of the molecule is CC(C)(C)OC(=O)NCCCNc1nc2nnccc2[nH]1. The lowest BCUT2D eigenvalue weighted by Gasteiger charge is -2.19. The number of ether oxygens (including phenoxy) is 1. The fourth-order valence-corrected chi connectivity index (χ4v) is 1.65. The average Bonchev–Trinajstić information content (AvgIpc) is 2.78. The standard InChI is InChI=1S/C13H20N6O2/c1-13(2,3)21-12(20)15-7-4-6-14-11-17-9-5-8-16-19-10(9)18-11/h5,8H,4,6-7H2,1-3H3,(H,15,20)(H2,14,17,18,19). The summed E-state index contributed by atoms with van der Waals surface area (Å²) in [5.74, 6) is 0.641. The van der Waals surface area contributed by atoms with Gasteiger partial charge in [-0.25, -0.2) is 4.79 Å². The third-order valence-corrected chi connectivity index (χ3v) is 2.49. The molecule has 114 valence electrons. The average molecular weight is 292 g/mol. The molecule has 0 unspecified atom stereocenters. The summed E-state index contributed by atoms with van der Waals surface area (Å²) in [5.41, 5.74) is 0.934. The van der Waals surface area contributed by atoms with Crippen molar-refractivity contribution >= 4 is 23.2 Å². The molecule has 0 aliphatic heterocycles. The fourth-order valence-electron chi connectivity index (χ4n) is 1.65. The van der Waals surface area contributed by atoms with Gasteiger partial charge < -0.3 is 20.4 Å². The second kappa shape index (κ2) is 6.38. The van der Waals surface area contributed by atoms with Crippen molar-refractivity contribution in [3.8, 4) is 0 Å². The van der Waals surface area contributed by atoms with Gasteiger partial charge in [0.25, 0.3) is 0 Å². The lowest BCUT2D eigenvalue weighted by atomic mass is 10.2. The molecule has 0 radical (unpaired) electrons. The first-order chi connectivity index (χ1) is 9.94. The van der Waals surface area contributed by atoms with Crippen LogP contribution in [0.1, 0.15) is 27.2 Å². The largest absolute Gasteiger partial charge is 0.444 e. The highest BCUT2D eigenvalue weighted by molar-refractivity contribution is 5.72. The van der Waals surface area contributed by atoms with Gasteiger partial charge in [0.2, 0.25) is 11.6 Å². The van der Waals surface area contributed by atoms with Gasteiger partial charge in [-0.2, -0.15) is 10.1 Å². The zero-order valence-electron chi connectivity index (χ0n) is 12.4. The fraction of sp³-hybridized carbons (Fsp3) is 0.538. The van der Waals surface area contributed by atoms with E-state index >= 15 is 0 Å². The molecule has 0 fully saturated rings. The van der Waals surface area contributed by atoms with E-state index in [1.165, 1.54) is 0 Å². The van der Waals surface area contributed by atoms with Gasteiger partial charge in [0, 0.05) is 13.1 Å². The normalized spacial score (nSPS) is 11.4. The Kier molecular flexibility index (Phi) is 4.56. The third-order valence-electron chi connectivity index (χ3n) is 2.49. The van der Waals surface area contributed by atoms with Crippen molar-refractivity contribution in [2.24, 2.45) is 0 Å². The zero-order chi connectivity index (χ0) is 15.3. The molecule has 0 spiro atoms. The maximum absolute atomic E-state index is 11.4. The highest BCUT2D eigenvalue weighted by Crippen LogP contribution is 2.09. The number of fused-ring (bicyclic) bond motifs is 1. The number of aromatic nitrogens is 4. The Morgan fingerprint density at radius 2 is 2.19 bits per heavy atom. The predicted octanol–water partition coefficient (Wildman–Crippen LogP) is 1.68. The first kappa shape index (κ1) is 15.0. The number of aromatic amines is 1. The number of amides is 1. The number of carbonyl (C=O) groups excluding carboxylic acids is 1. The van der Waals surface area contributed by atoms with Gasteiger partial charge in [-0.05, 0) is 33.3 Å². The Bertz CT molecular complexity index is 571. The molecule has 0 aliphatic carbocycles. The highest BCUT2D eigenvalue weighted by atomic mass is 16.6. The molecule has 8 nitrogen and oxygen atoms in total. The minimum Gasteiger partial charge on any atom is -0.444 e. The number of imidazole rings is 1. The molecule has 0 saturated heterocycles. The summed E-state index contributed by atoms with van der Waals surface area (Å²) in [7, 11) is 0. The molecule has 0 aromatic carbocycles. The minimum atomic E-state index is -0.475. The second-order valence-electron chi connectivity index (χ2n) is 5.56. The van der Waals surface area contributed by atoms with Crippen LogP contribution in [0.4, 0.5) is 10.7 Å². The van der Waals surface area contributed by atoms with Crippen LogP contribution in [-0.4, -0.2) is 44.9 Å². The molecule has 2 rings (SSSR count). The van der Waals surface area contributed by atoms with Gasteiger partial charge in [0.15, 0.2) is 0 Å². The van der Waals surface area contributed by atoms with E-state index in [9.17, 15) is 4.79 Å². The first-order valence-corrected chi connectivity index (χ1v) is 6.82. The van der Waals surface area contributed by atoms with Gasteiger partial charge in [-0.15, -0.1) is 5.10 Å². The third kappa shape index (κ3) is 4.90. The topological polar surface area (TPSA) is 105 Å². The molecule has 0 atom stereocenters. The molecule has 0 saturated carbocycles. The summed E-state index contributed by atoms with van der Waals surface area (Å²) in [4.78, 5) is 18.8. The lowest BCUT2D eigenvalue weighted by Crippen LogP contribution is -2.33. The van der Waals surface area contributed by atoms with Crippen LogP contribution in [0.15, 0.2) is 12.3 Å². The molecule has 2 heterocycles. The maximum Gasteiger partial charge on any atom is 0.407 e. The number of nitrogens with one attached hydrogen (secondary N) is 3. The molecule has 1 amide bonds. The predicted molar refractivity (Wildman–Crippen MR) is 79.0 cm³/mol. The summed E-state index contributed by atoms with van der Waals surface area (Å²) in [5, 5.41) is 13.5. The number of rotatable bonds is 5. The van der Waals surface area contributed by atoms with E-state index in [1.807, 2.05) is 26.8 Å². The molecule has 2 aromatic heterocycles. The van der Waals surface area contributed by atoms with E-state index in [1.54, 1.807) is 6.20 Å². The van der Waals surface area contributed by atoms with Crippen LogP contribution in [0.25, 0.3) is 11.2 Å². The number of H-pyrrole nitrogens is 1. The van der Waals surface area contributed by atoms with Gasteiger partial charge >= 0.3 is 6.09 Å². The number of carbonyl (C=O) groups is 1. The highest BCUT2D eigenvalue weighted by Gasteiger charge is 2.15. The van der Waals surface area contributed by atoms with Gasteiger partial charge in [-0.1, -0.05) is 0 Å². The van der Waals surface area contributed by atoms with Crippen LogP contribution in [0.2, 0.25) is 0 Å². The number of alkyl carbamates (subject to hydrolysis) is 1. The summed E-state index contributed by atoms with van der Waals surface area (Å²) in [6.45, 7) is 6.70. The number of nitrogens with zero attached hydrogens (tertiary/aromatic N) is 3. The van der Waals surface area contributed by atoms with Gasteiger partial charge in [0.05, 0.1) is 11.7 Å². The Hall–Kier alpha value is -2.38. The molecule has 8 heteroatoms. The summed E-state index contributed by atoms with van der Waals surface area (Å²) in [6, 6.07) is 1.81. The van der Waals surface area contributed by atoms with E-state index in [4.69, 9.17) is 4.74 Å².